The van der Waals surface area contributed by atoms with Crippen LogP contribution >= 0.6 is 11.8 Å². The van der Waals surface area contributed by atoms with E-state index < -0.39 is 0 Å². The fourth-order valence-corrected chi connectivity index (χ4v) is 4.18. The van der Waals surface area contributed by atoms with Gasteiger partial charge in [0.05, 0.1) is 5.69 Å². The van der Waals surface area contributed by atoms with Gasteiger partial charge in [0, 0.05) is 10.6 Å². The van der Waals surface area contributed by atoms with Gasteiger partial charge in [0.15, 0.2) is 0 Å². The van der Waals surface area contributed by atoms with E-state index in [1.807, 2.05) is 84.9 Å². The van der Waals surface area contributed by atoms with E-state index in [1.165, 1.54) is 16.7 Å². The lowest BCUT2D eigenvalue weighted by molar-refractivity contribution is -0.120. The molecule has 3 aromatic carbocycles. The number of benzene rings is 3. The molecule has 5 heteroatoms. The van der Waals surface area contributed by atoms with Crippen LogP contribution in [0.15, 0.2) is 100 Å². The zero-order chi connectivity index (χ0) is 21.1. The summed E-state index contributed by atoms with van der Waals surface area (Å²) in [5.41, 5.74) is 2.79. The number of thioether (sulfide) groups is 1. The number of para-hydroxylation sites is 1. The molecule has 3 aromatic rings. The van der Waals surface area contributed by atoms with Gasteiger partial charge < -0.3 is 5.32 Å². The molecule has 0 saturated carbocycles. The van der Waals surface area contributed by atoms with Crippen LogP contribution in [-0.4, -0.2) is 11.8 Å². The Bertz CT molecular complexity index is 1030. The van der Waals surface area contributed by atoms with Gasteiger partial charge in [-0.3, -0.25) is 9.59 Å². The molecule has 4 nitrogen and oxygen atoms in total. The molecule has 0 bridgehead atoms. The molecular weight excluding hydrogens is 392 g/mol. The van der Waals surface area contributed by atoms with E-state index in [0.717, 1.165) is 16.1 Å². The molecule has 0 spiro atoms. The largest absolute Gasteiger partial charge is 0.350 e. The lowest BCUT2D eigenvalue weighted by Gasteiger charge is -2.16. The van der Waals surface area contributed by atoms with Crippen molar-refractivity contribution < 1.29 is 9.59 Å². The molecule has 0 aromatic heterocycles. The fraction of sp³-hybridized carbons (Fsp3) is 0.120. The van der Waals surface area contributed by atoms with Crippen LogP contribution in [0.3, 0.4) is 0 Å². The van der Waals surface area contributed by atoms with Crippen LogP contribution in [0.1, 0.15) is 25.3 Å². The zero-order valence-corrected chi connectivity index (χ0v) is 17.6. The average molecular weight is 415 g/mol. The standard InChI is InChI=1S/C25H22N2O2S/c1-17(2)18-13-15-20(16-14-18)27-24(28)22(26-19-9-5-3-6-10-19)23(25(27)29)30-21-11-7-4-8-12-21/h3-17,26H,1-2H3. The summed E-state index contributed by atoms with van der Waals surface area (Å²) < 4.78 is 0. The van der Waals surface area contributed by atoms with E-state index in [-0.39, 0.29) is 11.8 Å². The number of rotatable bonds is 6. The Labute approximate surface area is 180 Å². The Morgan fingerprint density at radius 1 is 0.767 bits per heavy atom. The minimum Gasteiger partial charge on any atom is -0.350 e. The summed E-state index contributed by atoms with van der Waals surface area (Å²) in [6.45, 7) is 4.22. The first kappa shape index (κ1) is 20.0. The van der Waals surface area contributed by atoms with E-state index in [0.29, 0.717) is 22.2 Å². The summed E-state index contributed by atoms with van der Waals surface area (Å²) in [7, 11) is 0. The SMILES string of the molecule is CC(C)c1ccc(N2C(=O)C(Nc3ccccc3)=C(Sc3ccccc3)C2=O)cc1. The number of imide groups is 1. The highest BCUT2D eigenvalue weighted by Crippen LogP contribution is 2.38. The Balaban J connectivity index is 1.71. The molecule has 0 unspecified atom stereocenters. The maximum atomic E-state index is 13.3. The number of anilines is 2. The van der Waals surface area contributed by atoms with Gasteiger partial charge in [-0.2, -0.15) is 0 Å². The number of carbonyl (C=O) groups excluding carboxylic acids is 2. The van der Waals surface area contributed by atoms with Crippen molar-refractivity contribution in [1.82, 2.24) is 0 Å². The molecule has 30 heavy (non-hydrogen) atoms. The number of hydrogen-bond acceptors (Lipinski definition) is 4. The number of nitrogens with one attached hydrogen (secondary N) is 1. The number of hydrogen-bond donors (Lipinski definition) is 1. The van der Waals surface area contributed by atoms with Crippen LogP contribution in [0.2, 0.25) is 0 Å². The highest BCUT2D eigenvalue weighted by atomic mass is 32.2. The Morgan fingerprint density at radius 2 is 1.37 bits per heavy atom. The molecule has 0 aliphatic carbocycles. The van der Waals surface area contributed by atoms with Gasteiger partial charge in [0.1, 0.15) is 10.6 Å². The second-order valence-corrected chi connectivity index (χ2v) is 8.39. The molecular formula is C25H22N2O2S. The van der Waals surface area contributed by atoms with Gasteiger partial charge in [0.25, 0.3) is 11.8 Å². The predicted octanol–water partition coefficient (Wildman–Crippen LogP) is 5.80. The van der Waals surface area contributed by atoms with Crippen LogP contribution in [0.25, 0.3) is 0 Å². The molecule has 1 heterocycles. The monoisotopic (exact) mass is 414 g/mol. The second kappa shape index (κ2) is 8.59. The van der Waals surface area contributed by atoms with E-state index in [4.69, 9.17) is 0 Å². The van der Waals surface area contributed by atoms with Crippen molar-refractivity contribution in [3.8, 4) is 0 Å². The van der Waals surface area contributed by atoms with Crippen molar-refractivity contribution in [2.75, 3.05) is 10.2 Å². The molecule has 0 radical (unpaired) electrons. The van der Waals surface area contributed by atoms with Gasteiger partial charge in [-0.1, -0.05) is 74.1 Å². The fourth-order valence-electron chi connectivity index (χ4n) is 3.23. The van der Waals surface area contributed by atoms with Crippen LogP contribution in [0, 0.1) is 0 Å². The molecule has 1 aliphatic rings. The van der Waals surface area contributed by atoms with E-state index in [9.17, 15) is 9.59 Å². The summed E-state index contributed by atoms with van der Waals surface area (Å²) in [4.78, 5) is 29.2. The summed E-state index contributed by atoms with van der Waals surface area (Å²) in [5.74, 6) is -0.286. The quantitative estimate of drug-likeness (QED) is 0.518. The highest BCUT2D eigenvalue weighted by molar-refractivity contribution is 8.04. The zero-order valence-electron chi connectivity index (χ0n) is 16.8. The van der Waals surface area contributed by atoms with Crippen LogP contribution < -0.4 is 10.2 Å². The summed E-state index contributed by atoms with van der Waals surface area (Å²) in [6.07, 6.45) is 0. The van der Waals surface area contributed by atoms with Crippen LogP contribution in [-0.2, 0) is 9.59 Å². The van der Waals surface area contributed by atoms with Crippen molar-refractivity contribution in [2.45, 2.75) is 24.7 Å². The maximum Gasteiger partial charge on any atom is 0.283 e. The normalized spacial score (nSPS) is 14.0. The van der Waals surface area contributed by atoms with Gasteiger partial charge >= 0.3 is 0 Å². The van der Waals surface area contributed by atoms with E-state index >= 15 is 0 Å². The van der Waals surface area contributed by atoms with Gasteiger partial charge in [-0.25, -0.2) is 4.90 Å². The van der Waals surface area contributed by atoms with Crippen molar-refractivity contribution in [3.05, 3.63) is 101 Å². The summed E-state index contributed by atoms with van der Waals surface area (Å²) >= 11 is 1.30. The number of carbonyl (C=O) groups is 2. The maximum absolute atomic E-state index is 13.3. The van der Waals surface area contributed by atoms with E-state index in [1.54, 1.807) is 0 Å². The third kappa shape index (κ3) is 4.02. The first-order valence-electron chi connectivity index (χ1n) is 9.82. The molecule has 0 fully saturated rings. The first-order chi connectivity index (χ1) is 14.5. The number of amides is 2. The molecule has 1 N–H and O–H groups in total. The number of nitrogens with zero attached hydrogens (tertiary/aromatic N) is 1. The third-order valence-electron chi connectivity index (χ3n) is 4.87. The Morgan fingerprint density at radius 3 is 1.97 bits per heavy atom. The second-order valence-electron chi connectivity index (χ2n) is 7.30. The highest BCUT2D eigenvalue weighted by Gasteiger charge is 2.40. The lowest BCUT2D eigenvalue weighted by atomic mass is 10.0. The first-order valence-corrected chi connectivity index (χ1v) is 10.6. The summed E-state index contributed by atoms with van der Waals surface area (Å²) in [5, 5.41) is 3.17. The molecule has 0 saturated heterocycles. The van der Waals surface area contributed by atoms with E-state index in [2.05, 4.69) is 19.2 Å². The summed E-state index contributed by atoms with van der Waals surface area (Å²) in [6, 6.07) is 26.6. The molecule has 150 valence electrons. The van der Waals surface area contributed by atoms with Crippen LogP contribution in [0.4, 0.5) is 11.4 Å². The minimum atomic E-state index is -0.348. The Kier molecular flexibility index (Phi) is 5.72. The molecule has 4 rings (SSSR count). The van der Waals surface area contributed by atoms with Crippen molar-refractivity contribution in [3.63, 3.8) is 0 Å². The van der Waals surface area contributed by atoms with Crippen molar-refractivity contribution in [2.24, 2.45) is 0 Å². The van der Waals surface area contributed by atoms with Crippen molar-refractivity contribution in [1.29, 1.82) is 0 Å². The molecule has 2 amide bonds. The predicted molar refractivity (Wildman–Crippen MR) is 122 cm³/mol. The van der Waals surface area contributed by atoms with Gasteiger partial charge in [-0.15, -0.1) is 0 Å². The average Bonchev–Trinajstić information content (AvgIpc) is 2.99. The van der Waals surface area contributed by atoms with Crippen LogP contribution in [0.5, 0.6) is 0 Å². The lowest BCUT2D eigenvalue weighted by Crippen LogP contribution is -2.32. The third-order valence-corrected chi connectivity index (χ3v) is 5.96. The Hall–Kier alpha value is -3.31. The molecule has 1 aliphatic heterocycles. The topological polar surface area (TPSA) is 49.4 Å². The van der Waals surface area contributed by atoms with Crippen molar-refractivity contribution >= 4 is 35.0 Å². The van der Waals surface area contributed by atoms with Gasteiger partial charge in [-0.05, 0) is 47.9 Å². The van der Waals surface area contributed by atoms with Gasteiger partial charge in [0.2, 0.25) is 0 Å². The smallest absolute Gasteiger partial charge is 0.283 e. The minimum absolute atomic E-state index is 0.299. The molecule has 0 atom stereocenters.